The molecule has 0 aliphatic heterocycles. The highest BCUT2D eigenvalue weighted by atomic mass is 35.5. The number of carbonyl (C=O) groups is 1. The summed E-state index contributed by atoms with van der Waals surface area (Å²) >= 11 is 6.19. The van der Waals surface area contributed by atoms with E-state index in [0.29, 0.717) is 34.2 Å². The summed E-state index contributed by atoms with van der Waals surface area (Å²) in [6.45, 7) is 0.320. The average molecular weight is 515 g/mol. The summed E-state index contributed by atoms with van der Waals surface area (Å²) in [4.78, 5) is 13.0. The monoisotopic (exact) mass is 514 g/mol. The number of carbonyl (C=O) groups excluding carboxylic acids is 1. The number of anilines is 1. The van der Waals surface area contributed by atoms with Crippen LogP contribution in [0.1, 0.15) is 21.6 Å². The van der Waals surface area contributed by atoms with Gasteiger partial charge in [-0.2, -0.15) is 9.78 Å². The van der Waals surface area contributed by atoms with E-state index in [-0.39, 0.29) is 17.3 Å². The number of aromatic nitrogens is 5. The molecule has 3 N–H and O–H groups in total. The number of amides is 1. The molecule has 2 heterocycles. The first kappa shape index (κ1) is 23.7. The van der Waals surface area contributed by atoms with E-state index in [4.69, 9.17) is 22.1 Å². The predicted molar refractivity (Wildman–Crippen MR) is 136 cm³/mol. The number of nitrogen functional groups attached to an aromatic ring is 1. The van der Waals surface area contributed by atoms with Crippen LogP contribution in [0.4, 0.5) is 5.82 Å². The van der Waals surface area contributed by atoms with Crippen molar-refractivity contribution in [3.05, 3.63) is 101 Å². The maximum Gasteiger partial charge on any atom is 0.294 e. The number of benzene rings is 3. The maximum absolute atomic E-state index is 13.0. The Hall–Kier alpha value is -5.03. The van der Waals surface area contributed by atoms with Crippen LogP contribution in [0, 0.1) is 0 Å². The molecule has 0 atom stereocenters. The third-order valence-electron chi connectivity index (χ3n) is 5.22. The number of ether oxygens (including phenoxy) is 1. The lowest BCUT2D eigenvalue weighted by molar-refractivity contribution is 0.0950. The SMILES string of the molecule is Nc1nonc1-n1nnc(C(=O)N/N=C/c2cccc(OCc3ccccc3Cl)c2)c1-c1ccccc1. The van der Waals surface area contributed by atoms with Crippen molar-refractivity contribution < 1.29 is 14.2 Å². The molecule has 3 aromatic carbocycles. The molecule has 0 aliphatic rings. The summed E-state index contributed by atoms with van der Waals surface area (Å²) < 4.78 is 11.8. The normalized spacial score (nSPS) is 11.1. The smallest absolute Gasteiger partial charge is 0.294 e. The molecule has 0 bridgehead atoms. The Morgan fingerprint density at radius 1 is 1.08 bits per heavy atom. The molecule has 0 saturated carbocycles. The van der Waals surface area contributed by atoms with Crippen molar-refractivity contribution >= 4 is 29.5 Å². The summed E-state index contributed by atoms with van der Waals surface area (Å²) in [5.74, 6) is 0.164. The zero-order valence-electron chi connectivity index (χ0n) is 19.2. The molecule has 0 aliphatic carbocycles. The molecule has 11 nitrogen and oxygen atoms in total. The van der Waals surface area contributed by atoms with Crippen molar-refractivity contribution in [3.63, 3.8) is 0 Å². The molecular weight excluding hydrogens is 496 g/mol. The van der Waals surface area contributed by atoms with Crippen LogP contribution in [0.25, 0.3) is 17.1 Å². The highest BCUT2D eigenvalue weighted by molar-refractivity contribution is 6.31. The van der Waals surface area contributed by atoms with E-state index < -0.39 is 5.91 Å². The highest BCUT2D eigenvalue weighted by Crippen LogP contribution is 2.26. The van der Waals surface area contributed by atoms with E-state index in [0.717, 1.165) is 5.56 Å². The van der Waals surface area contributed by atoms with Crippen molar-refractivity contribution in [3.8, 4) is 22.8 Å². The van der Waals surface area contributed by atoms with E-state index in [1.165, 1.54) is 10.9 Å². The molecule has 0 unspecified atom stereocenters. The predicted octanol–water partition coefficient (Wildman–Crippen LogP) is 3.90. The van der Waals surface area contributed by atoms with Crippen molar-refractivity contribution in [2.24, 2.45) is 5.10 Å². The van der Waals surface area contributed by atoms with Crippen LogP contribution >= 0.6 is 11.6 Å². The lowest BCUT2D eigenvalue weighted by atomic mass is 10.1. The molecule has 12 heteroatoms. The van der Waals surface area contributed by atoms with E-state index in [9.17, 15) is 4.79 Å². The molecule has 0 radical (unpaired) electrons. The van der Waals surface area contributed by atoms with Gasteiger partial charge < -0.3 is 10.5 Å². The van der Waals surface area contributed by atoms with Gasteiger partial charge in [0.05, 0.1) is 6.21 Å². The molecule has 2 aromatic heterocycles. The fourth-order valence-electron chi connectivity index (χ4n) is 3.46. The number of nitrogens with one attached hydrogen (secondary N) is 1. The number of halogens is 1. The summed E-state index contributed by atoms with van der Waals surface area (Å²) in [7, 11) is 0. The molecule has 184 valence electrons. The van der Waals surface area contributed by atoms with E-state index in [1.54, 1.807) is 18.2 Å². The zero-order chi connectivity index (χ0) is 25.6. The Bertz CT molecular complexity index is 1570. The molecule has 1 amide bonds. The van der Waals surface area contributed by atoms with E-state index >= 15 is 0 Å². The number of hydrogen-bond donors (Lipinski definition) is 2. The number of nitrogens with two attached hydrogens (primary N) is 1. The lowest BCUT2D eigenvalue weighted by Crippen LogP contribution is -2.19. The third-order valence-corrected chi connectivity index (χ3v) is 5.59. The van der Waals surface area contributed by atoms with Gasteiger partial charge in [0.2, 0.25) is 11.6 Å². The Balaban J connectivity index is 1.32. The second-order valence-electron chi connectivity index (χ2n) is 7.69. The number of hydrazone groups is 1. The van der Waals surface area contributed by atoms with Gasteiger partial charge in [-0.05, 0) is 34.1 Å². The minimum atomic E-state index is -0.581. The van der Waals surface area contributed by atoms with Crippen LogP contribution in [-0.2, 0) is 6.61 Å². The molecule has 0 spiro atoms. The van der Waals surface area contributed by atoms with Gasteiger partial charge in [0.1, 0.15) is 18.1 Å². The fraction of sp³-hybridized carbons (Fsp3) is 0.0400. The van der Waals surface area contributed by atoms with Gasteiger partial charge in [0, 0.05) is 16.1 Å². The van der Waals surface area contributed by atoms with Gasteiger partial charge in [-0.25, -0.2) is 10.1 Å². The number of rotatable bonds is 8. The van der Waals surface area contributed by atoms with Crippen LogP contribution in [0.15, 0.2) is 88.6 Å². The molecular formula is C25H19ClN8O3. The largest absolute Gasteiger partial charge is 0.489 e. The average Bonchev–Trinajstić information content (AvgIpc) is 3.55. The Kier molecular flexibility index (Phi) is 6.86. The van der Waals surface area contributed by atoms with Gasteiger partial charge in [-0.1, -0.05) is 77.5 Å². The van der Waals surface area contributed by atoms with Crippen molar-refractivity contribution in [1.82, 2.24) is 30.7 Å². The van der Waals surface area contributed by atoms with Crippen LogP contribution in [-0.4, -0.2) is 37.4 Å². The zero-order valence-corrected chi connectivity index (χ0v) is 19.9. The standard InChI is InChI=1S/C25H19ClN8O3/c26-20-12-5-4-10-18(20)15-36-19-11-6-7-16(13-19)14-28-30-25(35)21-22(17-8-2-1-3-9-17)34(33-29-21)24-23(27)31-37-32-24/h1-14H,15H2,(H2,27,31)(H,30,35)/b28-14+. The molecule has 5 rings (SSSR count). The summed E-state index contributed by atoms with van der Waals surface area (Å²) in [5, 5.41) is 20.1. The van der Waals surface area contributed by atoms with Gasteiger partial charge in [0.25, 0.3) is 5.91 Å². The second-order valence-corrected chi connectivity index (χ2v) is 8.10. The third kappa shape index (κ3) is 5.31. The Morgan fingerprint density at radius 3 is 2.68 bits per heavy atom. The van der Waals surface area contributed by atoms with Gasteiger partial charge in [-0.3, -0.25) is 4.79 Å². The van der Waals surface area contributed by atoms with E-state index in [2.05, 4.69) is 35.8 Å². The Morgan fingerprint density at radius 2 is 1.89 bits per heavy atom. The second kappa shape index (κ2) is 10.7. The fourth-order valence-corrected chi connectivity index (χ4v) is 3.65. The van der Waals surface area contributed by atoms with Crippen molar-refractivity contribution in [2.75, 3.05) is 5.73 Å². The molecule has 0 saturated heterocycles. The minimum absolute atomic E-state index is 0.00342. The lowest BCUT2D eigenvalue weighted by Gasteiger charge is -2.08. The van der Waals surface area contributed by atoms with Crippen molar-refractivity contribution in [2.45, 2.75) is 6.61 Å². The van der Waals surface area contributed by atoms with Crippen LogP contribution in [0.2, 0.25) is 5.02 Å². The van der Waals surface area contributed by atoms with Crippen LogP contribution < -0.4 is 15.9 Å². The molecule has 0 fully saturated rings. The van der Waals surface area contributed by atoms with Crippen LogP contribution in [0.3, 0.4) is 0 Å². The van der Waals surface area contributed by atoms with Crippen molar-refractivity contribution in [1.29, 1.82) is 0 Å². The minimum Gasteiger partial charge on any atom is -0.489 e. The van der Waals surface area contributed by atoms with E-state index in [1.807, 2.05) is 60.7 Å². The van der Waals surface area contributed by atoms with Gasteiger partial charge in [0.15, 0.2) is 5.69 Å². The first-order valence-electron chi connectivity index (χ1n) is 11.0. The quantitative estimate of drug-likeness (QED) is 0.234. The van der Waals surface area contributed by atoms with Gasteiger partial charge >= 0.3 is 0 Å². The summed E-state index contributed by atoms with van der Waals surface area (Å²) in [6.07, 6.45) is 1.49. The first-order chi connectivity index (χ1) is 18.1. The molecule has 37 heavy (non-hydrogen) atoms. The maximum atomic E-state index is 13.0. The highest BCUT2D eigenvalue weighted by Gasteiger charge is 2.25. The number of hydrogen-bond acceptors (Lipinski definition) is 9. The Labute approximate surface area is 215 Å². The number of nitrogens with zero attached hydrogens (tertiary/aromatic N) is 6. The topological polar surface area (TPSA) is 146 Å². The van der Waals surface area contributed by atoms with Crippen LogP contribution in [0.5, 0.6) is 5.75 Å². The summed E-state index contributed by atoms with van der Waals surface area (Å²) in [6, 6.07) is 23.8. The first-order valence-corrected chi connectivity index (χ1v) is 11.4. The summed E-state index contributed by atoms with van der Waals surface area (Å²) in [5.41, 5.74) is 10.9. The molecule has 5 aromatic rings. The van der Waals surface area contributed by atoms with Gasteiger partial charge in [-0.15, -0.1) is 5.10 Å².